The Kier molecular flexibility index (Phi) is 10.3. The smallest absolute Gasteiger partial charge is 0.0701 e. The van der Waals surface area contributed by atoms with Crippen molar-refractivity contribution < 1.29 is 14.2 Å². The van der Waals surface area contributed by atoms with Crippen molar-refractivity contribution in [2.75, 3.05) is 73.4 Å². The van der Waals surface area contributed by atoms with Gasteiger partial charge in [0.05, 0.1) is 33.0 Å². The zero-order valence-corrected chi connectivity index (χ0v) is 12.5. The molecule has 0 saturated carbocycles. The highest BCUT2D eigenvalue weighted by molar-refractivity contribution is 4.72. The fourth-order valence-corrected chi connectivity index (χ4v) is 2.35. The van der Waals surface area contributed by atoms with Crippen molar-refractivity contribution in [1.29, 1.82) is 0 Å². The molecule has 1 heterocycles. The van der Waals surface area contributed by atoms with Crippen LogP contribution in [0.3, 0.4) is 0 Å². The summed E-state index contributed by atoms with van der Waals surface area (Å²) in [5.74, 6) is 0.802. The molecule has 1 N–H and O–H groups in total. The van der Waals surface area contributed by atoms with Crippen LogP contribution in [0, 0.1) is 5.92 Å². The van der Waals surface area contributed by atoms with E-state index >= 15 is 0 Å². The molecule has 19 heavy (non-hydrogen) atoms. The molecule has 0 aliphatic carbocycles. The van der Waals surface area contributed by atoms with E-state index < -0.39 is 0 Å². The van der Waals surface area contributed by atoms with Crippen LogP contribution in [0.5, 0.6) is 0 Å². The second-order valence-corrected chi connectivity index (χ2v) is 5.19. The molecule has 0 aromatic heterocycles. The van der Waals surface area contributed by atoms with Crippen LogP contribution in [0.2, 0.25) is 0 Å². The van der Waals surface area contributed by atoms with E-state index in [1.165, 1.54) is 25.9 Å². The van der Waals surface area contributed by atoms with Gasteiger partial charge in [-0.05, 0) is 38.9 Å². The summed E-state index contributed by atoms with van der Waals surface area (Å²) in [5, 5.41) is 3.47. The minimum absolute atomic E-state index is 0.646. The molecule has 0 aromatic carbocycles. The topological polar surface area (TPSA) is 43.0 Å². The van der Waals surface area contributed by atoms with E-state index in [1.54, 1.807) is 7.11 Å². The number of hydrogen-bond donors (Lipinski definition) is 1. The van der Waals surface area contributed by atoms with Crippen LogP contribution in [0.15, 0.2) is 0 Å². The van der Waals surface area contributed by atoms with Crippen molar-refractivity contribution in [3.05, 3.63) is 0 Å². The lowest BCUT2D eigenvalue weighted by Crippen LogP contribution is -2.38. The van der Waals surface area contributed by atoms with Crippen molar-refractivity contribution in [1.82, 2.24) is 10.2 Å². The third-order valence-corrected chi connectivity index (χ3v) is 3.38. The van der Waals surface area contributed by atoms with E-state index in [0.29, 0.717) is 26.4 Å². The normalized spacial score (nSPS) is 20.8. The number of ether oxygens (including phenoxy) is 3. The number of likely N-dealkylation sites (tertiary alicyclic amines) is 1. The summed E-state index contributed by atoms with van der Waals surface area (Å²) in [6.45, 7) is 7.88. The molecule has 0 spiro atoms. The van der Waals surface area contributed by atoms with Crippen molar-refractivity contribution in [3.63, 3.8) is 0 Å². The molecule has 5 nitrogen and oxygen atoms in total. The average Bonchev–Trinajstić information content (AvgIpc) is 2.41. The first kappa shape index (κ1) is 16.9. The molecule has 114 valence electrons. The molecule has 1 fully saturated rings. The second kappa shape index (κ2) is 11.6. The quantitative estimate of drug-likeness (QED) is 0.559. The first-order valence-electron chi connectivity index (χ1n) is 7.36. The minimum Gasteiger partial charge on any atom is -0.382 e. The van der Waals surface area contributed by atoms with Crippen LogP contribution < -0.4 is 5.32 Å². The van der Waals surface area contributed by atoms with Gasteiger partial charge in [0.15, 0.2) is 0 Å². The zero-order chi connectivity index (χ0) is 13.8. The van der Waals surface area contributed by atoms with E-state index in [-0.39, 0.29) is 0 Å². The summed E-state index contributed by atoms with van der Waals surface area (Å²) < 4.78 is 15.7. The lowest BCUT2D eigenvalue weighted by molar-refractivity contribution is 0.0253. The first-order valence-corrected chi connectivity index (χ1v) is 7.36. The third-order valence-electron chi connectivity index (χ3n) is 3.38. The number of rotatable bonds is 11. The molecule has 1 rings (SSSR count). The standard InChI is InChI=1S/C14H30N2O3/c1-16-6-3-4-14(13-16)12-15-5-7-18-10-11-19-9-8-17-2/h14-15H,3-13H2,1-2H3. The van der Waals surface area contributed by atoms with Gasteiger partial charge in [-0.3, -0.25) is 0 Å². The first-order chi connectivity index (χ1) is 9.33. The lowest BCUT2D eigenvalue weighted by atomic mass is 9.98. The van der Waals surface area contributed by atoms with Crippen LogP contribution >= 0.6 is 0 Å². The Labute approximate surface area is 117 Å². The van der Waals surface area contributed by atoms with Crippen LogP contribution in [-0.4, -0.2) is 78.3 Å². The number of methoxy groups -OCH3 is 1. The molecular formula is C14H30N2O3. The monoisotopic (exact) mass is 274 g/mol. The molecule has 1 saturated heterocycles. The molecule has 1 aliphatic heterocycles. The maximum Gasteiger partial charge on any atom is 0.0701 e. The predicted molar refractivity (Wildman–Crippen MR) is 76.6 cm³/mol. The Bertz CT molecular complexity index is 205. The molecular weight excluding hydrogens is 244 g/mol. The molecule has 1 atom stereocenters. The number of hydrogen-bond acceptors (Lipinski definition) is 5. The second-order valence-electron chi connectivity index (χ2n) is 5.19. The van der Waals surface area contributed by atoms with Crippen LogP contribution in [0.25, 0.3) is 0 Å². The van der Waals surface area contributed by atoms with Crippen molar-refractivity contribution in [3.8, 4) is 0 Å². The summed E-state index contributed by atoms with van der Waals surface area (Å²) in [6, 6.07) is 0. The van der Waals surface area contributed by atoms with Gasteiger partial charge in [0, 0.05) is 20.2 Å². The average molecular weight is 274 g/mol. The molecule has 5 heteroatoms. The molecule has 0 amide bonds. The summed E-state index contributed by atoms with van der Waals surface area (Å²) >= 11 is 0. The van der Waals surface area contributed by atoms with Gasteiger partial charge < -0.3 is 24.4 Å². The van der Waals surface area contributed by atoms with E-state index in [1.807, 2.05) is 0 Å². The van der Waals surface area contributed by atoms with Crippen molar-refractivity contribution in [2.45, 2.75) is 12.8 Å². The van der Waals surface area contributed by atoms with Gasteiger partial charge in [-0.1, -0.05) is 0 Å². The van der Waals surface area contributed by atoms with Crippen molar-refractivity contribution >= 4 is 0 Å². The third kappa shape index (κ3) is 9.35. The Morgan fingerprint density at radius 1 is 1.11 bits per heavy atom. The van der Waals surface area contributed by atoms with Gasteiger partial charge in [0.25, 0.3) is 0 Å². The largest absolute Gasteiger partial charge is 0.382 e. The van der Waals surface area contributed by atoms with E-state index in [2.05, 4.69) is 17.3 Å². The van der Waals surface area contributed by atoms with E-state index in [0.717, 1.165) is 25.6 Å². The Morgan fingerprint density at radius 2 is 1.84 bits per heavy atom. The molecule has 1 aliphatic rings. The summed E-state index contributed by atoms with van der Waals surface area (Å²) in [4.78, 5) is 2.42. The maximum atomic E-state index is 5.49. The fourth-order valence-electron chi connectivity index (χ4n) is 2.35. The Morgan fingerprint density at radius 3 is 2.58 bits per heavy atom. The van der Waals surface area contributed by atoms with Gasteiger partial charge >= 0.3 is 0 Å². The SMILES string of the molecule is COCCOCCOCCNCC1CCCN(C)C1. The van der Waals surface area contributed by atoms with Gasteiger partial charge in [-0.2, -0.15) is 0 Å². The van der Waals surface area contributed by atoms with Gasteiger partial charge in [-0.25, -0.2) is 0 Å². The molecule has 0 aromatic rings. The van der Waals surface area contributed by atoms with Crippen molar-refractivity contribution in [2.24, 2.45) is 5.92 Å². The minimum atomic E-state index is 0.646. The molecule has 0 radical (unpaired) electrons. The van der Waals surface area contributed by atoms with Gasteiger partial charge in [0.1, 0.15) is 0 Å². The summed E-state index contributed by atoms with van der Waals surface area (Å²) in [5.41, 5.74) is 0. The number of nitrogens with one attached hydrogen (secondary N) is 1. The highest BCUT2D eigenvalue weighted by atomic mass is 16.5. The van der Waals surface area contributed by atoms with Crippen LogP contribution in [-0.2, 0) is 14.2 Å². The maximum absolute atomic E-state index is 5.49. The molecule has 0 bridgehead atoms. The zero-order valence-electron chi connectivity index (χ0n) is 12.5. The Hall–Kier alpha value is -0.200. The van der Waals surface area contributed by atoms with E-state index in [4.69, 9.17) is 14.2 Å². The summed E-state index contributed by atoms with van der Waals surface area (Å²) in [6.07, 6.45) is 2.68. The number of piperidine rings is 1. The van der Waals surface area contributed by atoms with Crippen LogP contribution in [0.4, 0.5) is 0 Å². The fraction of sp³-hybridized carbons (Fsp3) is 1.00. The van der Waals surface area contributed by atoms with Crippen LogP contribution in [0.1, 0.15) is 12.8 Å². The Balaban J connectivity index is 1.78. The highest BCUT2D eigenvalue weighted by Gasteiger charge is 2.16. The van der Waals surface area contributed by atoms with Gasteiger partial charge in [0.2, 0.25) is 0 Å². The molecule has 1 unspecified atom stereocenters. The predicted octanol–water partition coefficient (Wildman–Crippen LogP) is 0.597. The summed E-state index contributed by atoms with van der Waals surface area (Å²) in [7, 11) is 3.88. The lowest BCUT2D eigenvalue weighted by Gasteiger charge is -2.29. The highest BCUT2D eigenvalue weighted by Crippen LogP contribution is 2.13. The van der Waals surface area contributed by atoms with Gasteiger partial charge in [-0.15, -0.1) is 0 Å². The number of nitrogens with zero attached hydrogens (tertiary/aromatic N) is 1. The van der Waals surface area contributed by atoms with E-state index in [9.17, 15) is 0 Å².